The van der Waals surface area contributed by atoms with Gasteiger partial charge in [0.2, 0.25) is 0 Å². The molecule has 1 aromatic heterocycles. The van der Waals surface area contributed by atoms with Gasteiger partial charge in [-0.05, 0) is 24.3 Å². The number of hydrazine groups is 1. The molecule has 10 heteroatoms. The summed E-state index contributed by atoms with van der Waals surface area (Å²) in [4.78, 5) is 16.4. The second-order valence-corrected chi connectivity index (χ2v) is 6.79. The molecule has 0 radical (unpaired) electrons. The van der Waals surface area contributed by atoms with E-state index < -0.39 is 14.9 Å². The van der Waals surface area contributed by atoms with E-state index in [1.807, 2.05) is 18.2 Å². The van der Waals surface area contributed by atoms with Gasteiger partial charge in [0.05, 0.1) is 9.82 Å². The summed E-state index contributed by atoms with van der Waals surface area (Å²) in [6.07, 6.45) is 0.386. The molecule has 3 rings (SSSR count). The molecule has 2 aromatic carbocycles. The zero-order valence-corrected chi connectivity index (χ0v) is 13.7. The van der Waals surface area contributed by atoms with E-state index in [9.17, 15) is 18.5 Å². The lowest BCUT2D eigenvalue weighted by atomic mass is 10.3. The van der Waals surface area contributed by atoms with E-state index in [-0.39, 0.29) is 17.1 Å². The minimum absolute atomic E-state index is 0.0764. The Kier molecular flexibility index (Phi) is 4.74. The maximum absolute atomic E-state index is 12.1. The molecule has 0 fully saturated rings. The number of nitro groups is 1. The zero-order chi connectivity index (χ0) is 17.9. The summed E-state index contributed by atoms with van der Waals surface area (Å²) in [6.45, 7) is 0.263. The highest BCUT2D eigenvalue weighted by atomic mass is 32.2. The van der Waals surface area contributed by atoms with Crippen LogP contribution in [0.1, 0.15) is 5.89 Å². The van der Waals surface area contributed by atoms with E-state index in [1.165, 1.54) is 12.1 Å². The van der Waals surface area contributed by atoms with Crippen LogP contribution in [0.15, 0.2) is 57.8 Å². The number of para-hydroxylation sites is 2. The molecule has 0 saturated carbocycles. The minimum atomic E-state index is -3.82. The smallest absolute Gasteiger partial charge is 0.269 e. The number of hydrogen-bond acceptors (Lipinski definition) is 7. The molecule has 0 unspecified atom stereocenters. The number of sulfonamides is 1. The van der Waals surface area contributed by atoms with Gasteiger partial charge in [0, 0.05) is 25.1 Å². The summed E-state index contributed by atoms with van der Waals surface area (Å²) in [7, 11) is -3.82. The highest BCUT2D eigenvalue weighted by molar-refractivity contribution is 7.89. The standard InChI is InChI=1S/C15H14N4O5S/c20-19(21)11-5-7-12(8-6-11)25(22,23)18-16-10-9-15-17-13-3-1-2-4-14(13)24-15/h1-8,16,18H,9-10H2. The summed E-state index contributed by atoms with van der Waals surface area (Å²) in [5, 5.41) is 10.6. The van der Waals surface area contributed by atoms with Gasteiger partial charge in [0.25, 0.3) is 15.7 Å². The van der Waals surface area contributed by atoms with Crippen LogP contribution in [0.2, 0.25) is 0 Å². The van der Waals surface area contributed by atoms with Crippen molar-refractivity contribution in [2.24, 2.45) is 0 Å². The molecule has 0 amide bonds. The second kappa shape index (κ2) is 6.97. The first-order valence-electron chi connectivity index (χ1n) is 7.29. The number of rotatable bonds is 7. The van der Waals surface area contributed by atoms with Crippen LogP contribution < -0.4 is 10.3 Å². The first kappa shape index (κ1) is 17.0. The highest BCUT2D eigenvalue weighted by Gasteiger charge is 2.15. The van der Waals surface area contributed by atoms with Gasteiger partial charge in [-0.15, -0.1) is 4.83 Å². The fourth-order valence-electron chi connectivity index (χ4n) is 2.15. The number of fused-ring (bicyclic) bond motifs is 1. The van der Waals surface area contributed by atoms with E-state index in [1.54, 1.807) is 6.07 Å². The Morgan fingerprint density at radius 3 is 2.52 bits per heavy atom. The maximum atomic E-state index is 12.1. The van der Waals surface area contributed by atoms with Crippen molar-refractivity contribution in [2.45, 2.75) is 11.3 Å². The van der Waals surface area contributed by atoms with Crippen LogP contribution in [0.5, 0.6) is 0 Å². The Bertz CT molecular complexity index is 965. The van der Waals surface area contributed by atoms with Crippen LogP contribution in [0, 0.1) is 10.1 Å². The first-order valence-corrected chi connectivity index (χ1v) is 8.77. The fraction of sp³-hybridized carbons (Fsp3) is 0.133. The number of benzene rings is 2. The van der Waals surface area contributed by atoms with Crippen molar-refractivity contribution < 1.29 is 17.8 Å². The van der Waals surface area contributed by atoms with Gasteiger partial charge in [-0.25, -0.2) is 18.8 Å². The van der Waals surface area contributed by atoms with Gasteiger partial charge in [-0.1, -0.05) is 12.1 Å². The Hall–Kier alpha value is -2.82. The molecule has 130 valence electrons. The van der Waals surface area contributed by atoms with Gasteiger partial charge in [-0.2, -0.15) is 0 Å². The summed E-state index contributed by atoms with van der Waals surface area (Å²) in [5.41, 5.74) is 3.81. The molecule has 0 atom stereocenters. The highest BCUT2D eigenvalue weighted by Crippen LogP contribution is 2.16. The molecular formula is C15H14N4O5S. The SMILES string of the molecule is O=[N+]([O-])c1ccc(S(=O)(=O)NNCCc2nc3ccccc3o2)cc1. The number of aromatic nitrogens is 1. The van der Waals surface area contributed by atoms with Crippen molar-refractivity contribution in [3.63, 3.8) is 0 Å². The Labute approximate surface area is 142 Å². The molecule has 0 aliphatic heterocycles. The van der Waals surface area contributed by atoms with Crippen LogP contribution >= 0.6 is 0 Å². The van der Waals surface area contributed by atoms with Crippen LogP contribution in [-0.4, -0.2) is 24.9 Å². The summed E-state index contributed by atoms with van der Waals surface area (Å²) < 4.78 is 29.7. The summed E-state index contributed by atoms with van der Waals surface area (Å²) in [6, 6.07) is 11.9. The van der Waals surface area contributed by atoms with Gasteiger partial charge < -0.3 is 4.42 Å². The molecule has 25 heavy (non-hydrogen) atoms. The van der Waals surface area contributed by atoms with E-state index in [0.717, 1.165) is 17.6 Å². The fourth-order valence-corrected chi connectivity index (χ4v) is 3.05. The third kappa shape index (κ3) is 3.99. The molecule has 1 heterocycles. The summed E-state index contributed by atoms with van der Waals surface area (Å²) in [5.74, 6) is 0.489. The quantitative estimate of drug-likeness (QED) is 0.372. The van der Waals surface area contributed by atoms with Crippen molar-refractivity contribution in [3.8, 4) is 0 Å². The van der Waals surface area contributed by atoms with E-state index in [2.05, 4.69) is 15.2 Å². The largest absolute Gasteiger partial charge is 0.441 e. The predicted octanol–water partition coefficient (Wildman–Crippen LogP) is 1.76. The average molecular weight is 362 g/mol. The predicted molar refractivity (Wildman–Crippen MR) is 89.1 cm³/mol. The summed E-state index contributed by atoms with van der Waals surface area (Å²) >= 11 is 0. The number of nitrogens with zero attached hydrogens (tertiary/aromatic N) is 2. The normalized spacial score (nSPS) is 11.7. The van der Waals surface area contributed by atoms with Crippen molar-refractivity contribution in [3.05, 3.63) is 64.5 Å². The Balaban J connectivity index is 1.56. The minimum Gasteiger partial charge on any atom is -0.441 e. The molecule has 0 aliphatic carbocycles. The average Bonchev–Trinajstić information content (AvgIpc) is 3.01. The lowest BCUT2D eigenvalue weighted by Gasteiger charge is -2.07. The van der Waals surface area contributed by atoms with Gasteiger partial charge >= 0.3 is 0 Å². The first-order chi connectivity index (χ1) is 12.0. The van der Waals surface area contributed by atoms with Crippen LogP contribution in [0.4, 0.5) is 5.69 Å². The van der Waals surface area contributed by atoms with Crippen LogP contribution in [0.3, 0.4) is 0 Å². The van der Waals surface area contributed by atoms with Crippen molar-refractivity contribution in [1.29, 1.82) is 0 Å². The Morgan fingerprint density at radius 1 is 1.12 bits per heavy atom. The van der Waals surface area contributed by atoms with Crippen LogP contribution in [0.25, 0.3) is 11.1 Å². The van der Waals surface area contributed by atoms with Crippen molar-refractivity contribution in [1.82, 2.24) is 15.2 Å². The zero-order valence-electron chi connectivity index (χ0n) is 12.9. The van der Waals surface area contributed by atoms with Crippen molar-refractivity contribution >= 4 is 26.8 Å². The third-order valence-corrected chi connectivity index (χ3v) is 4.67. The lowest BCUT2D eigenvalue weighted by molar-refractivity contribution is -0.384. The topological polar surface area (TPSA) is 127 Å². The molecule has 9 nitrogen and oxygen atoms in total. The van der Waals surface area contributed by atoms with E-state index >= 15 is 0 Å². The molecule has 0 bridgehead atoms. The molecule has 0 aliphatic rings. The number of nitro benzene ring substituents is 1. The van der Waals surface area contributed by atoms with Gasteiger partial charge in [0.1, 0.15) is 5.52 Å². The number of non-ortho nitro benzene ring substituents is 1. The lowest BCUT2D eigenvalue weighted by Crippen LogP contribution is -2.38. The number of nitrogens with one attached hydrogen (secondary N) is 2. The third-order valence-electron chi connectivity index (χ3n) is 3.37. The molecular weight excluding hydrogens is 348 g/mol. The number of oxazole rings is 1. The maximum Gasteiger partial charge on any atom is 0.269 e. The van der Waals surface area contributed by atoms with Crippen molar-refractivity contribution in [2.75, 3.05) is 6.54 Å². The van der Waals surface area contributed by atoms with Crippen LogP contribution in [-0.2, 0) is 16.4 Å². The van der Waals surface area contributed by atoms with E-state index in [0.29, 0.717) is 17.9 Å². The second-order valence-electron chi connectivity index (χ2n) is 5.11. The molecule has 2 N–H and O–H groups in total. The van der Waals surface area contributed by atoms with Gasteiger partial charge in [0.15, 0.2) is 11.5 Å². The molecule has 0 saturated heterocycles. The number of hydrogen-bond donors (Lipinski definition) is 2. The Morgan fingerprint density at radius 2 is 1.84 bits per heavy atom. The molecule has 0 spiro atoms. The van der Waals surface area contributed by atoms with Gasteiger partial charge in [-0.3, -0.25) is 10.1 Å². The monoisotopic (exact) mass is 362 g/mol. The van der Waals surface area contributed by atoms with E-state index in [4.69, 9.17) is 4.42 Å². The molecule has 3 aromatic rings.